The number of carbonyl (C=O) groups is 2. The molecule has 5 heteroatoms. The van der Waals surface area contributed by atoms with Gasteiger partial charge in [0.15, 0.2) is 6.61 Å². The topological polar surface area (TPSA) is 58.6 Å². The van der Waals surface area contributed by atoms with Crippen LogP contribution in [-0.4, -0.2) is 36.9 Å². The van der Waals surface area contributed by atoms with E-state index in [1.807, 2.05) is 49.4 Å². The van der Waals surface area contributed by atoms with Crippen molar-refractivity contribution in [2.75, 3.05) is 25.5 Å². The van der Waals surface area contributed by atoms with Crippen LogP contribution < -0.4 is 10.1 Å². The highest BCUT2D eigenvalue weighted by Crippen LogP contribution is 2.15. The minimum Gasteiger partial charge on any atom is -0.484 e. The van der Waals surface area contributed by atoms with E-state index in [0.29, 0.717) is 5.75 Å². The molecule has 0 fully saturated rings. The molecule has 0 atom stereocenters. The lowest BCUT2D eigenvalue weighted by Crippen LogP contribution is -2.37. The Hall–Kier alpha value is -2.82. The Balaban J connectivity index is 1.83. The van der Waals surface area contributed by atoms with E-state index in [2.05, 4.69) is 5.32 Å². The summed E-state index contributed by atoms with van der Waals surface area (Å²) in [5.41, 5.74) is 1.85. The molecule has 1 N–H and O–H groups in total. The standard InChI is InChI=1S/C19H22N2O3/c1-3-15-9-7-8-12-17(15)20-18(22)13-21(2)19(23)14-24-16-10-5-4-6-11-16/h4-12H,3,13-14H2,1-2H3,(H,20,22). The molecule has 24 heavy (non-hydrogen) atoms. The van der Waals surface area contributed by atoms with Crippen molar-refractivity contribution >= 4 is 17.5 Å². The second-order valence-electron chi connectivity index (χ2n) is 5.41. The van der Waals surface area contributed by atoms with E-state index in [1.165, 1.54) is 4.90 Å². The lowest BCUT2D eigenvalue weighted by atomic mass is 10.1. The third-order valence-corrected chi connectivity index (χ3v) is 3.58. The SMILES string of the molecule is CCc1ccccc1NC(=O)CN(C)C(=O)COc1ccccc1. The molecule has 0 aromatic heterocycles. The Kier molecular flexibility index (Phi) is 6.37. The minimum atomic E-state index is -0.252. The van der Waals surface area contributed by atoms with Crippen LogP contribution in [0.5, 0.6) is 5.75 Å². The first-order chi connectivity index (χ1) is 11.6. The van der Waals surface area contributed by atoms with E-state index in [0.717, 1.165) is 17.7 Å². The van der Waals surface area contributed by atoms with E-state index in [9.17, 15) is 9.59 Å². The largest absolute Gasteiger partial charge is 0.484 e. The van der Waals surface area contributed by atoms with Crippen LogP contribution in [0.4, 0.5) is 5.69 Å². The minimum absolute atomic E-state index is 0.0188. The van der Waals surface area contributed by atoms with Gasteiger partial charge in [-0.25, -0.2) is 0 Å². The molecule has 5 nitrogen and oxygen atoms in total. The van der Waals surface area contributed by atoms with Crippen LogP contribution in [0, 0.1) is 0 Å². The van der Waals surface area contributed by atoms with Gasteiger partial charge in [0.1, 0.15) is 5.75 Å². The first kappa shape index (κ1) is 17.5. The van der Waals surface area contributed by atoms with Gasteiger partial charge in [0, 0.05) is 12.7 Å². The lowest BCUT2D eigenvalue weighted by molar-refractivity contribution is -0.135. The summed E-state index contributed by atoms with van der Waals surface area (Å²) in [6.07, 6.45) is 0.830. The maximum absolute atomic E-state index is 12.1. The highest BCUT2D eigenvalue weighted by Gasteiger charge is 2.14. The van der Waals surface area contributed by atoms with Gasteiger partial charge in [-0.2, -0.15) is 0 Å². The molecule has 0 saturated heterocycles. The van der Waals surface area contributed by atoms with Crippen LogP contribution in [0.2, 0.25) is 0 Å². The number of hydrogen-bond acceptors (Lipinski definition) is 3. The summed E-state index contributed by atoms with van der Waals surface area (Å²) < 4.78 is 5.40. The number of hydrogen-bond donors (Lipinski definition) is 1. The molecule has 0 spiro atoms. The highest BCUT2D eigenvalue weighted by atomic mass is 16.5. The fraction of sp³-hybridized carbons (Fsp3) is 0.263. The molecular formula is C19H22N2O3. The van der Waals surface area contributed by atoms with Crippen molar-refractivity contribution in [1.29, 1.82) is 0 Å². The first-order valence-electron chi connectivity index (χ1n) is 7.89. The molecule has 0 aliphatic carbocycles. The third kappa shape index (κ3) is 5.12. The predicted octanol–water partition coefficient (Wildman–Crippen LogP) is 2.72. The van der Waals surface area contributed by atoms with Gasteiger partial charge in [0.2, 0.25) is 5.91 Å². The molecule has 0 heterocycles. The molecular weight excluding hydrogens is 304 g/mol. The second kappa shape index (κ2) is 8.72. The average molecular weight is 326 g/mol. The maximum atomic E-state index is 12.1. The molecule has 2 aromatic carbocycles. The zero-order valence-electron chi connectivity index (χ0n) is 14.0. The normalized spacial score (nSPS) is 10.1. The molecule has 0 bridgehead atoms. The Morgan fingerprint density at radius 3 is 2.42 bits per heavy atom. The van der Waals surface area contributed by atoms with Gasteiger partial charge in [0.05, 0.1) is 6.54 Å². The van der Waals surface area contributed by atoms with Crippen molar-refractivity contribution in [3.05, 3.63) is 60.2 Å². The van der Waals surface area contributed by atoms with E-state index in [1.54, 1.807) is 19.2 Å². The van der Waals surface area contributed by atoms with E-state index in [-0.39, 0.29) is 25.0 Å². The number of aryl methyl sites for hydroxylation is 1. The summed E-state index contributed by atoms with van der Waals surface area (Å²) in [5.74, 6) is 0.143. The molecule has 0 unspecified atom stereocenters. The Morgan fingerprint density at radius 2 is 1.71 bits per heavy atom. The van der Waals surface area contributed by atoms with E-state index >= 15 is 0 Å². The Morgan fingerprint density at radius 1 is 1.04 bits per heavy atom. The summed E-state index contributed by atoms with van der Waals surface area (Å²) in [4.78, 5) is 25.5. The molecule has 0 aliphatic rings. The van der Waals surface area contributed by atoms with Gasteiger partial charge >= 0.3 is 0 Å². The first-order valence-corrected chi connectivity index (χ1v) is 7.89. The number of ether oxygens (including phenoxy) is 1. The maximum Gasteiger partial charge on any atom is 0.260 e. The van der Waals surface area contributed by atoms with E-state index < -0.39 is 0 Å². The van der Waals surface area contributed by atoms with Gasteiger partial charge in [-0.3, -0.25) is 9.59 Å². The lowest BCUT2D eigenvalue weighted by Gasteiger charge is -2.18. The van der Waals surface area contributed by atoms with Crippen molar-refractivity contribution in [2.24, 2.45) is 0 Å². The number of likely N-dealkylation sites (N-methyl/N-ethyl adjacent to an activating group) is 1. The fourth-order valence-electron chi connectivity index (χ4n) is 2.22. The zero-order chi connectivity index (χ0) is 17.4. The number of benzene rings is 2. The quantitative estimate of drug-likeness (QED) is 0.851. The smallest absolute Gasteiger partial charge is 0.260 e. The van der Waals surface area contributed by atoms with Crippen LogP contribution in [0.25, 0.3) is 0 Å². The van der Waals surface area contributed by atoms with Crippen LogP contribution >= 0.6 is 0 Å². The Bertz CT molecular complexity index is 686. The molecule has 0 aliphatic heterocycles. The average Bonchev–Trinajstić information content (AvgIpc) is 2.60. The molecule has 2 rings (SSSR count). The van der Waals surface area contributed by atoms with Gasteiger partial charge < -0.3 is 15.0 Å². The van der Waals surface area contributed by atoms with Crippen LogP contribution in [0.15, 0.2) is 54.6 Å². The van der Waals surface area contributed by atoms with Crippen molar-refractivity contribution in [2.45, 2.75) is 13.3 Å². The van der Waals surface area contributed by atoms with Crippen LogP contribution in [-0.2, 0) is 16.0 Å². The molecule has 126 valence electrons. The number of anilines is 1. The summed E-state index contributed by atoms with van der Waals surface area (Å²) in [6.45, 7) is 1.91. The number of nitrogens with one attached hydrogen (secondary N) is 1. The van der Waals surface area contributed by atoms with Gasteiger partial charge in [-0.05, 0) is 30.2 Å². The van der Waals surface area contributed by atoms with Crippen molar-refractivity contribution in [3.8, 4) is 5.75 Å². The number of nitrogens with zero attached hydrogens (tertiary/aromatic N) is 1. The number of carbonyl (C=O) groups excluding carboxylic acids is 2. The summed E-state index contributed by atoms with van der Waals surface area (Å²) in [6, 6.07) is 16.7. The van der Waals surface area contributed by atoms with Gasteiger partial charge in [-0.15, -0.1) is 0 Å². The molecule has 0 radical (unpaired) electrons. The molecule has 0 saturated carbocycles. The third-order valence-electron chi connectivity index (χ3n) is 3.58. The fourth-order valence-corrected chi connectivity index (χ4v) is 2.22. The van der Waals surface area contributed by atoms with Crippen molar-refractivity contribution < 1.29 is 14.3 Å². The number of amides is 2. The highest BCUT2D eigenvalue weighted by molar-refractivity contribution is 5.95. The Labute approximate surface area is 142 Å². The zero-order valence-corrected chi connectivity index (χ0v) is 14.0. The number of rotatable bonds is 7. The molecule has 2 aromatic rings. The van der Waals surface area contributed by atoms with Crippen molar-refractivity contribution in [3.63, 3.8) is 0 Å². The number of para-hydroxylation sites is 2. The van der Waals surface area contributed by atoms with Gasteiger partial charge in [-0.1, -0.05) is 43.3 Å². The predicted molar refractivity (Wildman–Crippen MR) is 94.0 cm³/mol. The van der Waals surface area contributed by atoms with Crippen molar-refractivity contribution in [1.82, 2.24) is 4.90 Å². The summed E-state index contributed by atoms with van der Waals surface area (Å²) >= 11 is 0. The van der Waals surface area contributed by atoms with Crippen LogP contribution in [0.3, 0.4) is 0 Å². The van der Waals surface area contributed by atoms with Crippen LogP contribution in [0.1, 0.15) is 12.5 Å². The summed E-state index contributed by atoms with van der Waals surface area (Å²) in [5, 5.41) is 2.85. The van der Waals surface area contributed by atoms with E-state index in [4.69, 9.17) is 4.74 Å². The van der Waals surface area contributed by atoms with Gasteiger partial charge in [0.25, 0.3) is 5.91 Å². The molecule has 2 amide bonds. The second-order valence-corrected chi connectivity index (χ2v) is 5.41. The summed E-state index contributed by atoms with van der Waals surface area (Å²) in [7, 11) is 1.59. The monoisotopic (exact) mass is 326 g/mol.